The van der Waals surface area contributed by atoms with Crippen LogP contribution in [0.2, 0.25) is 5.02 Å². The van der Waals surface area contributed by atoms with Crippen molar-refractivity contribution in [3.05, 3.63) is 28.8 Å². The Kier molecular flexibility index (Phi) is 3.98. The van der Waals surface area contributed by atoms with Gasteiger partial charge in [-0.1, -0.05) is 25.4 Å². The SMILES string of the molecule is Cc1cc(N2CCC(C(C)C)CC2)ccc1Cl. The van der Waals surface area contributed by atoms with E-state index in [1.54, 1.807) is 0 Å². The van der Waals surface area contributed by atoms with Gasteiger partial charge in [0.15, 0.2) is 0 Å². The van der Waals surface area contributed by atoms with Crippen LogP contribution in [-0.4, -0.2) is 13.1 Å². The van der Waals surface area contributed by atoms with E-state index >= 15 is 0 Å². The summed E-state index contributed by atoms with van der Waals surface area (Å²) in [6.45, 7) is 9.13. The quantitative estimate of drug-likeness (QED) is 0.747. The molecule has 0 saturated carbocycles. The highest BCUT2D eigenvalue weighted by atomic mass is 35.5. The standard InChI is InChI=1S/C15H22ClN/c1-11(2)13-6-8-17(9-7-13)14-4-5-15(16)12(3)10-14/h4-5,10-11,13H,6-9H2,1-3H3. The Morgan fingerprint density at radius 2 is 1.88 bits per heavy atom. The summed E-state index contributed by atoms with van der Waals surface area (Å²) in [6, 6.07) is 6.36. The highest BCUT2D eigenvalue weighted by Gasteiger charge is 2.21. The first-order valence-electron chi connectivity index (χ1n) is 6.59. The zero-order valence-electron chi connectivity index (χ0n) is 11.0. The molecule has 0 radical (unpaired) electrons. The van der Waals surface area contributed by atoms with Crippen LogP contribution in [0.25, 0.3) is 0 Å². The Balaban J connectivity index is 2.03. The third-order valence-electron chi connectivity index (χ3n) is 3.99. The molecule has 1 aromatic carbocycles. The minimum absolute atomic E-state index is 0.823. The van der Waals surface area contributed by atoms with Crippen LogP contribution < -0.4 is 4.90 Å². The first kappa shape index (κ1) is 12.8. The lowest BCUT2D eigenvalue weighted by molar-refractivity contribution is 0.311. The first-order chi connectivity index (χ1) is 8.08. The fourth-order valence-corrected chi connectivity index (χ4v) is 2.77. The second-order valence-corrected chi connectivity index (χ2v) is 5.91. The van der Waals surface area contributed by atoms with Crippen molar-refractivity contribution in [2.75, 3.05) is 18.0 Å². The number of aryl methyl sites for hydroxylation is 1. The lowest BCUT2D eigenvalue weighted by atomic mass is 9.86. The van der Waals surface area contributed by atoms with Crippen molar-refractivity contribution in [2.24, 2.45) is 11.8 Å². The monoisotopic (exact) mass is 251 g/mol. The molecule has 1 nitrogen and oxygen atoms in total. The number of piperidine rings is 1. The fourth-order valence-electron chi connectivity index (χ4n) is 2.65. The van der Waals surface area contributed by atoms with Crippen molar-refractivity contribution < 1.29 is 0 Å². The van der Waals surface area contributed by atoms with Gasteiger partial charge in [0, 0.05) is 23.8 Å². The zero-order chi connectivity index (χ0) is 12.4. The Hall–Kier alpha value is -0.690. The summed E-state index contributed by atoms with van der Waals surface area (Å²) in [7, 11) is 0. The number of anilines is 1. The lowest BCUT2D eigenvalue weighted by Crippen LogP contribution is -2.35. The molecule has 0 unspecified atom stereocenters. The van der Waals surface area contributed by atoms with E-state index in [1.165, 1.54) is 37.2 Å². The zero-order valence-corrected chi connectivity index (χ0v) is 11.8. The van der Waals surface area contributed by atoms with Gasteiger partial charge in [0.25, 0.3) is 0 Å². The summed E-state index contributed by atoms with van der Waals surface area (Å²) in [5, 5.41) is 0.866. The van der Waals surface area contributed by atoms with Crippen molar-refractivity contribution in [2.45, 2.75) is 33.6 Å². The summed E-state index contributed by atoms with van der Waals surface area (Å²) < 4.78 is 0. The highest BCUT2D eigenvalue weighted by Crippen LogP contribution is 2.29. The Labute approximate surface area is 110 Å². The molecule has 17 heavy (non-hydrogen) atoms. The van der Waals surface area contributed by atoms with Crippen molar-refractivity contribution in [1.29, 1.82) is 0 Å². The second-order valence-electron chi connectivity index (χ2n) is 5.50. The van der Waals surface area contributed by atoms with Crippen LogP contribution in [-0.2, 0) is 0 Å². The number of halogens is 1. The van der Waals surface area contributed by atoms with E-state index in [2.05, 4.69) is 37.8 Å². The summed E-state index contributed by atoms with van der Waals surface area (Å²) in [5.74, 6) is 1.73. The topological polar surface area (TPSA) is 3.24 Å². The number of rotatable bonds is 2. The molecule has 2 heteroatoms. The van der Waals surface area contributed by atoms with Gasteiger partial charge in [-0.2, -0.15) is 0 Å². The molecular formula is C15H22ClN. The number of nitrogens with zero attached hydrogens (tertiary/aromatic N) is 1. The molecule has 0 atom stereocenters. The molecule has 1 aliphatic heterocycles. The van der Waals surface area contributed by atoms with Gasteiger partial charge in [-0.3, -0.25) is 0 Å². The van der Waals surface area contributed by atoms with Crippen molar-refractivity contribution in [1.82, 2.24) is 0 Å². The van der Waals surface area contributed by atoms with E-state index in [4.69, 9.17) is 11.6 Å². The molecule has 1 heterocycles. The summed E-state index contributed by atoms with van der Waals surface area (Å²) in [6.07, 6.45) is 2.64. The van der Waals surface area contributed by atoms with Gasteiger partial charge >= 0.3 is 0 Å². The Morgan fingerprint density at radius 1 is 1.24 bits per heavy atom. The maximum atomic E-state index is 6.07. The molecule has 94 valence electrons. The van der Waals surface area contributed by atoms with Gasteiger partial charge in [0.2, 0.25) is 0 Å². The van der Waals surface area contributed by atoms with Crippen molar-refractivity contribution in [3.63, 3.8) is 0 Å². The highest BCUT2D eigenvalue weighted by molar-refractivity contribution is 6.31. The minimum Gasteiger partial charge on any atom is -0.372 e. The van der Waals surface area contributed by atoms with Gasteiger partial charge in [0.1, 0.15) is 0 Å². The maximum Gasteiger partial charge on any atom is 0.0436 e. The third-order valence-corrected chi connectivity index (χ3v) is 4.41. The molecule has 1 aromatic rings. The average molecular weight is 252 g/mol. The van der Waals surface area contributed by atoms with Gasteiger partial charge in [-0.25, -0.2) is 0 Å². The summed E-state index contributed by atoms with van der Waals surface area (Å²) in [4.78, 5) is 2.49. The molecule has 1 saturated heterocycles. The van der Waals surface area contributed by atoms with Crippen LogP contribution >= 0.6 is 11.6 Å². The Morgan fingerprint density at radius 3 is 2.41 bits per heavy atom. The van der Waals surface area contributed by atoms with E-state index in [9.17, 15) is 0 Å². The second kappa shape index (κ2) is 5.30. The predicted molar refractivity (Wildman–Crippen MR) is 76.0 cm³/mol. The van der Waals surface area contributed by atoms with E-state index in [0.717, 1.165) is 16.9 Å². The number of hydrogen-bond donors (Lipinski definition) is 0. The van der Waals surface area contributed by atoms with E-state index in [1.807, 2.05) is 6.07 Å². The lowest BCUT2D eigenvalue weighted by Gasteiger charge is -2.35. The fraction of sp³-hybridized carbons (Fsp3) is 0.600. The molecule has 0 N–H and O–H groups in total. The smallest absolute Gasteiger partial charge is 0.0436 e. The van der Waals surface area contributed by atoms with E-state index < -0.39 is 0 Å². The molecule has 0 aliphatic carbocycles. The molecule has 0 bridgehead atoms. The van der Waals surface area contributed by atoms with E-state index in [0.29, 0.717) is 0 Å². The first-order valence-corrected chi connectivity index (χ1v) is 6.97. The van der Waals surface area contributed by atoms with Crippen molar-refractivity contribution >= 4 is 17.3 Å². The van der Waals surface area contributed by atoms with Gasteiger partial charge in [0.05, 0.1) is 0 Å². The van der Waals surface area contributed by atoms with Gasteiger partial charge in [-0.05, 0) is 55.4 Å². The van der Waals surface area contributed by atoms with Crippen LogP contribution in [0.3, 0.4) is 0 Å². The van der Waals surface area contributed by atoms with Gasteiger partial charge < -0.3 is 4.90 Å². The minimum atomic E-state index is 0.823. The summed E-state index contributed by atoms with van der Waals surface area (Å²) >= 11 is 6.07. The van der Waals surface area contributed by atoms with Crippen LogP contribution in [0.1, 0.15) is 32.3 Å². The van der Waals surface area contributed by atoms with E-state index in [-0.39, 0.29) is 0 Å². The van der Waals surface area contributed by atoms with Crippen LogP contribution in [0.15, 0.2) is 18.2 Å². The molecule has 0 amide bonds. The maximum absolute atomic E-state index is 6.07. The van der Waals surface area contributed by atoms with Crippen LogP contribution in [0.5, 0.6) is 0 Å². The number of benzene rings is 1. The molecule has 0 spiro atoms. The normalized spacial score (nSPS) is 17.8. The summed E-state index contributed by atoms with van der Waals surface area (Å²) in [5.41, 5.74) is 2.50. The third kappa shape index (κ3) is 2.95. The molecular weight excluding hydrogens is 230 g/mol. The Bertz CT molecular complexity index is 379. The molecule has 2 rings (SSSR count). The van der Waals surface area contributed by atoms with Gasteiger partial charge in [-0.15, -0.1) is 0 Å². The largest absolute Gasteiger partial charge is 0.372 e. The predicted octanol–water partition coefficient (Wildman–Crippen LogP) is 4.52. The average Bonchev–Trinajstić information content (AvgIpc) is 2.33. The van der Waals surface area contributed by atoms with Crippen LogP contribution in [0, 0.1) is 18.8 Å². The van der Waals surface area contributed by atoms with Crippen LogP contribution in [0.4, 0.5) is 5.69 Å². The molecule has 0 aromatic heterocycles. The number of hydrogen-bond acceptors (Lipinski definition) is 1. The molecule has 1 aliphatic rings. The van der Waals surface area contributed by atoms with Crippen molar-refractivity contribution in [3.8, 4) is 0 Å². The molecule has 1 fully saturated rings.